The van der Waals surface area contributed by atoms with E-state index in [2.05, 4.69) is 16.8 Å². The van der Waals surface area contributed by atoms with Crippen LogP contribution in [0.15, 0.2) is 72.8 Å². The minimum absolute atomic E-state index is 0.0642. The summed E-state index contributed by atoms with van der Waals surface area (Å²) in [6.45, 7) is 3.91. The molecule has 9 heteroatoms. The number of benzene rings is 3. The van der Waals surface area contributed by atoms with Crippen molar-refractivity contribution in [1.82, 2.24) is 0 Å². The smallest absolute Gasteiger partial charge is 0.401 e. The number of ether oxygens (including phenoxy) is 1. The van der Waals surface area contributed by atoms with Crippen LogP contribution in [0.4, 0.5) is 14.5 Å². The maximum Gasteiger partial charge on any atom is 0.401 e. The van der Waals surface area contributed by atoms with E-state index in [4.69, 9.17) is 4.74 Å². The van der Waals surface area contributed by atoms with Crippen LogP contribution < -0.4 is 10.1 Å². The molecule has 0 saturated carbocycles. The lowest BCUT2D eigenvalue weighted by molar-refractivity contribution is 0.0466. The number of hydrogen-bond donors (Lipinski definition) is 2. The molecule has 0 radical (unpaired) electrons. The monoisotopic (exact) mass is 559 g/mol. The molecular formula is C30H36F2NO5P. The van der Waals surface area contributed by atoms with E-state index in [1.807, 2.05) is 24.3 Å². The van der Waals surface area contributed by atoms with Crippen molar-refractivity contribution in [3.8, 4) is 16.9 Å². The lowest BCUT2D eigenvalue weighted by Crippen LogP contribution is -2.17. The molecule has 0 aliphatic rings. The minimum Gasteiger partial charge on any atom is -0.494 e. The summed E-state index contributed by atoms with van der Waals surface area (Å²) in [5, 5.41) is 2.56. The number of halogens is 2. The molecule has 0 saturated heterocycles. The Morgan fingerprint density at radius 3 is 2.15 bits per heavy atom. The topological polar surface area (TPSA) is 84.9 Å². The molecule has 0 bridgehead atoms. The lowest BCUT2D eigenvalue weighted by Gasteiger charge is -2.22. The van der Waals surface area contributed by atoms with Gasteiger partial charge in [-0.1, -0.05) is 75.4 Å². The Morgan fingerprint density at radius 2 is 1.51 bits per heavy atom. The van der Waals surface area contributed by atoms with Crippen molar-refractivity contribution in [2.45, 2.75) is 58.0 Å². The molecule has 3 aromatic carbocycles. The number of amides is 1. The summed E-state index contributed by atoms with van der Waals surface area (Å²) in [4.78, 5) is 22.4. The van der Waals surface area contributed by atoms with Crippen LogP contribution in [-0.4, -0.2) is 24.0 Å². The zero-order chi connectivity index (χ0) is 28.3. The highest BCUT2D eigenvalue weighted by Crippen LogP contribution is 2.63. The Balaban J connectivity index is 1.57. The Labute approximate surface area is 228 Å². The molecule has 3 rings (SSSR count). The number of hydrogen-bond acceptors (Lipinski definition) is 4. The molecule has 0 heterocycles. The zero-order valence-corrected chi connectivity index (χ0v) is 23.3. The van der Waals surface area contributed by atoms with Crippen LogP contribution in [0, 0.1) is 0 Å². The molecule has 0 spiro atoms. The van der Waals surface area contributed by atoms with E-state index < -0.39 is 24.7 Å². The standard InChI is InChI=1S/C30H36F2NO5P/c1-3-5-6-7-8-9-21-37-28-19-17-24(18-20-28)23-13-15-25(16-14-23)29(34)33-27-12-10-11-26(22-27)30(31,32)39(35,36)38-4-2/h10-20,22H,3-9,21H2,1-2H3,(H,33,34)(H,35,36). The van der Waals surface area contributed by atoms with Crippen molar-refractivity contribution in [3.05, 3.63) is 83.9 Å². The van der Waals surface area contributed by atoms with Gasteiger partial charge in [-0.2, -0.15) is 8.78 Å². The van der Waals surface area contributed by atoms with Gasteiger partial charge < -0.3 is 19.5 Å². The van der Waals surface area contributed by atoms with E-state index in [1.54, 1.807) is 24.3 Å². The van der Waals surface area contributed by atoms with Gasteiger partial charge >= 0.3 is 13.3 Å². The van der Waals surface area contributed by atoms with Crippen LogP contribution in [0.2, 0.25) is 0 Å². The summed E-state index contributed by atoms with van der Waals surface area (Å²) in [5.41, 5.74) is -2.59. The van der Waals surface area contributed by atoms with Crippen LogP contribution in [0.25, 0.3) is 11.1 Å². The van der Waals surface area contributed by atoms with E-state index in [0.29, 0.717) is 12.2 Å². The Bertz CT molecular complexity index is 1250. The molecule has 1 amide bonds. The average molecular weight is 560 g/mol. The van der Waals surface area contributed by atoms with Crippen molar-refractivity contribution < 1.29 is 32.3 Å². The summed E-state index contributed by atoms with van der Waals surface area (Å²) >= 11 is 0. The third kappa shape index (κ3) is 8.46. The van der Waals surface area contributed by atoms with E-state index in [9.17, 15) is 23.0 Å². The Morgan fingerprint density at radius 1 is 0.897 bits per heavy atom. The van der Waals surface area contributed by atoms with Crippen molar-refractivity contribution >= 4 is 19.2 Å². The molecule has 2 N–H and O–H groups in total. The Kier molecular flexibility index (Phi) is 11.2. The van der Waals surface area contributed by atoms with Crippen molar-refractivity contribution in [3.63, 3.8) is 0 Å². The molecule has 6 nitrogen and oxygen atoms in total. The van der Waals surface area contributed by atoms with E-state index >= 15 is 0 Å². The zero-order valence-electron chi connectivity index (χ0n) is 22.4. The van der Waals surface area contributed by atoms with Gasteiger partial charge in [0.15, 0.2) is 0 Å². The first-order valence-corrected chi connectivity index (χ1v) is 14.9. The van der Waals surface area contributed by atoms with Crippen molar-refractivity contribution in [1.29, 1.82) is 0 Å². The Hall–Kier alpha value is -3.06. The van der Waals surface area contributed by atoms with Gasteiger partial charge in [0.2, 0.25) is 0 Å². The molecule has 1 atom stereocenters. The van der Waals surface area contributed by atoms with Crippen molar-refractivity contribution in [2.75, 3.05) is 18.5 Å². The van der Waals surface area contributed by atoms with Gasteiger partial charge in [-0.3, -0.25) is 9.36 Å². The maximum absolute atomic E-state index is 14.6. The summed E-state index contributed by atoms with van der Waals surface area (Å²) in [6.07, 6.45) is 7.26. The minimum atomic E-state index is -5.23. The van der Waals surface area contributed by atoms with Gasteiger partial charge in [0.25, 0.3) is 5.91 Å². The van der Waals surface area contributed by atoms with Crippen molar-refractivity contribution in [2.24, 2.45) is 0 Å². The molecule has 3 aromatic rings. The average Bonchev–Trinajstić information content (AvgIpc) is 2.93. The summed E-state index contributed by atoms with van der Waals surface area (Å²) in [6, 6.07) is 19.3. The molecule has 1 unspecified atom stereocenters. The van der Waals surface area contributed by atoms with Crippen LogP contribution in [0.1, 0.15) is 68.3 Å². The lowest BCUT2D eigenvalue weighted by atomic mass is 10.0. The molecule has 0 aromatic heterocycles. The molecule has 39 heavy (non-hydrogen) atoms. The number of rotatable bonds is 15. The van der Waals surface area contributed by atoms with Crippen LogP contribution in [0.5, 0.6) is 5.75 Å². The SMILES string of the molecule is CCCCCCCCOc1ccc(-c2ccc(C(=O)Nc3cccc(C(F)(F)P(=O)(O)OCC)c3)cc2)cc1. The van der Waals surface area contributed by atoms with Gasteiger partial charge in [0, 0.05) is 16.8 Å². The van der Waals surface area contributed by atoms with Crippen LogP contribution in [0.3, 0.4) is 0 Å². The number of anilines is 1. The first kappa shape index (κ1) is 30.5. The van der Waals surface area contributed by atoms with Gasteiger partial charge in [0.05, 0.1) is 13.2 Å². The maximum atomic E-state index is 14.6. The third-order valence-corrected chi connectivity index (χ3v) is 7.80. The number of unbranched alkanes of at least 4 members (excludes halogenated alkanes) is 5. The largest absolute Gasteiger partial charge is 0.494 e. The fraction of sp³-hybridized carbons (Fsp3) is 0.367. The first-order chi connectivity index (χ1) is 18.7. The van der Waals surface area contributed by atoms with Crippen LogP contribution in [-0.2, 0) is 14.8 Å². The third-order valence-electron chi connectivity index (χ3n) is 6.23. The number of carbonyl (C=O) groups is 1. The van der Waals surface area contributed by atoms with Crippen LogP contribution >= 0.6 is 7.60 Å². The predicted molar refractivity (Wildman–Crippen MR) is 150 cm³/mol. The fourth-order valence-corrected chi connectivity index (χ4v) is 5.01. The van der Waals surface area contributed by atoms with Gasteiger partial charge in [-0.25, -0.2) is 0 Å². The highest BCUT2D eigenvalue weighted by Gasteiger charge is 2.52. The second kappa shape index (κ2) is 14.4. The molecule has 0 aliphatic carbocycles. The molecule has 210 valence electrons. The molecular weight excluding hydrogens is 523 g/mol. The molecule has 0 aliphatic heterocycles. The summed E-state index contributed by atoms with van der Waals surface area (Å²) in [5.74, 6) is 0.312. The highest BCUT2D eigenvalue weighted by molar-refractivity contribution is 7.53. The second-order valence-corrected chi connectivity index (χ2v) is 11.1. The number of alkyl halides is 2. The second-order valence-electron chi connectivity index (χ2n) is 9.23. The molecule has 0 fully saturated rings. The van der Waals surface area contributed by atoms with E-state index in [0.717, 1.165) is 35.4 Å². The first-order valence-electron chi connectivity index (χ1n) is 13.3. The summed E-state index contributed by atoms with van der Waals surface area (Å²) in [7, 11) is -5.23. The van der Waals surface area contributed by atoms with E-state index in [-0.39, 0.29) is 12.3 Å². The van der Waals surface area contributed by atoms with E-state index in [1.165, 1.54) is 51.2 Å². The highest BCUT2D eigenvalue weighted by atomic mass is 31.2. The summed E-state index contributed by atoms with van der Waals surface area (Å²) < 4.78 is 51.3. The number of nitrogens with one attached hydrogen (secondary N) is 1. The predicted octanol–water partition coefficient (Wildman–Crippen LogP) is 8.62. The van der Waals surface area contributed by atoms with Gasteiger partial charge in [0.1, 0.15) is 5.75 Å². The number of carbonyl (C=O) groups excluding carboxylic acids is 1. The fourth-order valence-electron chi connectivity index (χ4n) is 4.04. The van der Waals surface area contributed by atoms with Gasteiger partial charge in [-0.15, -0.1) is 0 Å². The quantitative estimate of drug-likeness (QED) is 0.144. The van der Waals surface area contributed by atoms with Gasteiger partial charge in [-0.05, 0) is 60.9 Å². The normalized spacial score (nSPS) is 13.1.